The van der Waals surface area contributed by atoms with Crippen LogP contribution in [0.4, 0.5) is 0 Å². The van der Waals surface area contributed by atoms with E-state index in [0.717, 1.165) is 17.7 Å². The number of nitriles is 1. The molecule has 1 aromatic heterocycles. The number of rotatable bonds is 4. The average Bonchev–Trinajstić information content (AvgIpc) is 2.29. The first-order valence-corrected chi connectivity index (χ1v) is 5.50. The van der Waals surface area contributed by atoms with E-state index in [1.165, 1.54) is 0 Å². The first kappa shape index (κ1) is 12.7. The van der Waals surface area contributed by atoms with Crippen molar-refractivity contribution < 1.29 is 4.74 Å². The van der Waals surface area contributed by atoms with Crippen molar-refractivity contribution in [3.8, 4) is 6.07 Å². The van der Waals surface area contributed by atoms with E-state index in [1.807, 2.05) is 13.0 Å². The minimum absolute atomic E-state index is 0.151. The Labute approximate surface area is 97.1 Å². The first-order valence-electron chi connectivity index (χ1n) is 5.50. The summed E-state index contributed by atoms with van der Waals surface area (Å²) in [6, 6.07) is 4.05. The Hall–Kier alpha value is -1.40. The van der Waals surface area contributed by atoms with Crippen molar-refractivity contribution in [1.82, 2.24) is 4.98 Å². The van der Waals surface area contributed by atoms with Gasteiger partial charge in [-0.05, 0) is 24.5 Å². The summed E-state index contributed by atoms with van der Waals surface area (Å²) >= 11 is 0. The van der Waals surface area contributed by atoms with Crippen molar-refractivity contribution >= 4 is 0 Å². The third-order valence-corrected chi connectivity index (χ3v) is 2.64. The van der Waals surface area contributed by atoms with E-state index in [1.54, 1.807) is 13.3 Å². The van der Waals surface area contributed by atoms with Crippen molar-refractivity contribution in [3.63, 3.8) is 0 Å². The molecule has 1 aromatic rings. The standard InChI is InChI=1S/C13H18N2O/c1-9(2)12-6-11(7-14)8-15-13(12)5-10(3)16-4/h6,8-10H,5H2,1-4H3. The zero-order chi connectivity index (χ0) is 12.1. The molecule has 86 valence electrons. The SMILES string of the molecule is COC(C)Cc1ncc(C#N)cc1C(C)C. The third-order valence-electron chi connectivity index (χ3n) is 2.64. The van der Waals surface area contributed by atoms with Crippen LogP contribution in [-0.4, -0.2) is 18.2 Å². The van der Waals surface area contributed by atoms with Gasteiger partial charge in [-0.25, -0.2) is 0 Å². The molecule has 0 fully saturated rings. The number of ether oxygens (including phenoxy) is 1. The van der Waals surface area contributed by atoms with Crippen LogP contribution < -0.4 is 0 Å². The van der Waals surface area contributed by atoms with Crippen LogP contribution in [0.2, 0.25) is 0 Å². The fraction of sp³-hybridized carbons (Fsp3) is 0.538. The Bertz CT molecular complexity index is 393. The van der Waals surface area contributed by atoms with Crippen molar-refractivity contribution in [2.45, 2.75) is 39.2 Å². The van der Waals surface area contributed by atoms with Crippen LogP contribution in [0.1, 0.15) is 43.5 Å². The highest BCUT2D eigenvalue weighted by molar-refractivity contribution is 5.35. The summed E-state index contributed by atoms with van der Waals surface area (Å²) in [5.74, 6) is 0.375. The van der Waals surface area contributed by atoms with Gasteiger partial charge in [0.2, 0.25) is 0 Å². The van der Waals surface area contributed by atoms with Gasteiger partial charge in [0.15, 0.2) is 0 Å². The molecule has 0 amide bonds. The molecule has 0 spiro atoms. The molecule has 3 heteroatoms. The average molecular weight is 218 g/mol. The van der Waals surface area contributed by atoms with Gasteiger partial charge in [0.05, 0.1) is 11.7 Å². The van der Waals surface area contributed by atoms with E-state index in [-0.39, 0.29) is 6.10 Å². The van der Waals surface area contributed by atoms with Crippen LogP contribution in [0.3, 0.4) is 0 Å². The fourth-order valence-electron chi connectivity index (χ4n) is 1.60. The van der Waals surface area contributed by atoms with Crippen LogP contribution >= 0.6 is 0 Å². The van der Waals surface area contributed by atoms with Crippen molar-refractivity contribution in [1.29, 1.82) is 5.26 Å². The largest absolute Gasteiger partial charge is 0.381 e. The molecule has 1 unspecified atom stereocenters. The second-order valence-corrected chi connectivity index (χ2v) is 4.28. The van der Waals surface area contributed by atoms with Gasteiger partial charge in [-0.15, -0.1) is 0 Å². The van der Waals surface area contributed by atoms with Gasteiger partial charge in [-0.3, -0.25) is 4.98 Å². The zero-order valence-electron chi connectivity index (χ0n) is 10.3. The molecule has 1 atom stereocenters. The summed E-state index contributed by atoms with van der Waals surface area (Å²) in [7, 11) is 1.70. The van der Waals surface area contributed by atoms with Gasteiger partial charge in [-0.2, -0.15) is 5.26 Å². The van der Waals surface area contributed by atoms with Crippen LogP contribution in [-0.2, 0) is 11.2 Å². The number of hydrogen-bond acceptors (Lipinski definition) is 3. The molecule has 0 bridgehead atoms. The summed E-state index contributed by atoms with van der Waals surface area (Å²) in [5.41, 5.74) is 2.80. The maximum atomic E-state index is 8.85. The quantitative estimate of drug-likeness (QED) is 0.780. The molecular formula is C13H18N2O. The highest BCUT2D eigenvalue weighted by Crippen LogP contribution is 2.20. The third kappa shape index (κ3) is 3.04. The molecule has 0 saturated carbocycles. The molecule has 0 aliphatic carbocycles. The van der Waals surface area contributed by atoms with E-state index in [9.17, 15) is 0 Å². The molecule has 16 heavy (non-hydrogen) atoms. The van der Waals surface area contributed by atoms with Crippen LogP contribution in [0.25, 0.3) is 0 Å². The predicted molar refractivity (Wildman–Crippen MR) is 63.2 cm³/mol. The highest BCUT2D eigenvalue weighted by Gasteiger charge is 2.12. The molecule has 0 aliphatic heterocycles. The monoisotopic (exact) mass is 218 g/mol. The Morgan fingerprint density at radius 3 is 2.62 bits per heavy atom. The number of methoxy groups -OCH3 is 1. The summed E-state index contributed by atoms with van der Waals surface area (Å²) in [4.78, 5) is 4.36. The summed E-state index contributed by atoms with van der Waals surface area (Å²) in [6.45, 7) is 6.24. The van der Waals surface area contributed by atoms with Crippen LogP contribution in [0.15, 0.2) is 12.3 Å². The van der Waals surface area contributed by atoms with Crippen molar-refractivity contribution in [3.05, 3.63) is 29.1 Å². The number of hydrogen-bond donors (Lipinski definition) is 0. The minimum Gasteiger partial charge on any atom is -0.381 e. The van der Waals surface area contributed by atoms with E-state index in [2.05, 4.69) is 24.9 Å². The van der Waals surface area contributed by atoms with Crippen molar-refractivity contribution in [2.24, 2.45) is 0 Å². The molecule has 0 radical (unpaired) electrons. The number of pyridine rings is 1. The zero-order valence-corrected chi connectivity index (χ0v) is 10.3. The lowest BCUT2D eigenvalue weighted by Crippen LogP contribution is -2.12. The molecule has 1 rings (SSSR count). The van der Waals surface area contributed by atoms with Gasteiger partial charge in [-0.1, -0.05) is 13.8 Å². The maximum Gasteiger partial charge on any atom is 0.101 e. The van der Waals surface area contributed by atoms with Crippen LogP contribution in [0.5, 0.6) is 0 Å². The Morgan fingerprint density at radius 2 is 2.12 bits per heavy atom. The van der Waals surface area contributed by atoms with Gasteiger partial charge in [0.25, 0.3) is 0 Å². The second-order valence-electron chi connectivity index (χ2n) is 4.28. The predicted octanol–water partition coefficient (Wildman–Crippen LogP) is 2.65. The highest BCUT2D eigenvalue weighted by atomic mass is 16.5. The molecule has 0 N–H and O–H groups in total. The minimum atomic E-state index is 0.151. The van der Waals surface area contributed by atoms with Crippen molar-refractivity contribution in [2.75, 3.05) is 7.11 Å². The molecule has 0 aromatic carbocycles. The topological polar surface area (TPSA) is 45.9 Å². The number of nitrogens with zero attached hydrogens (tertiary/aromatic N) is 2. The second kappa shape index (κ2) is 5.62. The lowest BCUT2D eigenvalue weighted by atomic mass is 9.97. The molecule has 1 heterocycles. The van der Waals surface area contributed by atoms with Gasteiger partial charge in [0.1, 0.15) is 6.07 Å². The maximum absolute atomic E-state index is 8.85. The summed E-state index contributed by atoms with van der Waals surface area (Å²) < 4.78 is 5.24. The molecule has 3 nitrogen and oxygen atoms in total. The Balaban J connectivity index is 3.04. The lowest BCUT2D eigenvalue weighted by molar-refractivity contribution is 0.117. The fourth-order valence-corrected chi connectivity index (χ4v) is 1.60. The van der Waals surface area contributed by atoms with Gasteiger partial charge < -0.3 is 4.74 Å². The van der Waals surface area contributed by atoms with Gasteiger partial charge >= 0.3 is 0 Å². The molecule has 0 aliphatic rings. The number of aromatic nitrogens is 1. The van der Waals surface area contributed by atoms with Gasteiger partial charge in [0, 0.05) is 25.4 Å². The molecular weight excluding hydrogens is 200 g/mol. The van der Waals surface area contributed by atoms with Crippen LogP contribution in [0, 0.1) is 11.3 Å². The lowest BCUT2D eigenvalue weighted by Gasteiger charge is -2.15. The first-order chi connectivity index (χ1) is 7.58. The Morgan fingerprint density at radius 1 is 1.44 bits per heavy atom. The Kier molecular flexibility index (Phi) is 4.45. The molecule has 0 saturated heterocycles. The smallest absolute Gasteiger partial charge is 0.101 e. The van der Waals surface area contributed by atoms with E-state index in [4.69, 9.17) is 10.00 Å². The summed E-state index contributed by atoms with van der Waals surface area (Å²) in [6.07, 6.45) is 2.57. The van der Waals surface area contributed by atoms with E-state index >= 15 is 0 Å². The summed E-state index contributed by atoms with van der Waals surface area (Å²) in [5, 5.41) is 8.85. The van der Waals surface area contributed by atoms with E-state index in [0.29, 0.717) is 11.5 Å². The normalized spacial score (nSPS) is 12.5. The van der Waals surface area contributed by atoms with E-state index < -0.39 is 0 Å².